The Bertz CT molecular complexity index is 343. The van der Waals surface area contributed by atoms with Gasteiger partial charge in [0.05, 0.1) is 19.1 Å². The van der Waals surface area contributed by atoms with Crippen LogP contribution in [-0.4, -0.2) is 49.7 Å². The van der Waals surface area contributed by atoms with Crippen molar-refractivity contribution in [1.82, 2.24) is 10.2 Å². The molecular formula is C17H32N2O2. The van der Waals surface area contributed by atoms with Gasteiger partial charge in [-0.2, -0.15) is 0 Å². The highest BCUT2D eigenvalue weighted by Crippen LogP contribution is 2.34. The number of carbonyl (C=O) groups is 1. The van der Waals surface area contributed by atoms with E-state index in [1.807, 2.05) is 0 Å². The minimum atomic E-state index is 0.0164. The van der Waals surface area contributed by atoms with E-state index in [0.29, 0.717) is 24.5 Å². The predicted octanol–water partition coefficient (Wildman–Crippen LogP) is 2.29. The standard InChI is InChI=1S/C17H32N2O2/c1-5-8-18-15-12-21-11-14(15)16(20)19-9-6-13(7-10-19)17(2,3)4/h13-15,18H,5-12H2,1-4H3. The van der Waals surface area contributed by atoms with E-state index in [1.165, 1.54) is 0 Å². The molecule has 0 spiro atoms. The topological polar surface area (TPSA) is 41.6 Å². The normalized spacial score (nSPS) is 28.1. The number of ether oxygens (including phenoxy) is 1. The molecule has 2 saturated heterocycles. The van der Waals surface area contributed by atoms with Crippen molar-refractivity contribution in [2.24, 2.45) is 17.3 Å². The Morgan fingerprint density at radius 2 is 1.90 bits per heavy atom. The van der Waals surface area contributed by atoms with Gasteiger partial charge in [0.15, 0.2) is 0 Å². The largest absolute Gasteiger partial charge is 0.379 e. The quantitative estimate of drug-likeness (QED) is 0.865. The summed E-state index contributed by atoms with van der Waals surface area (Å²) in [7, 11) is 0. The van der Waals surface area contributed by atoms with Crippen LogP contribution in [0.1, 0.15) is 47.0 Å². The van der Waals surface area contributed by atoms with Crippen LogP contribution in [0.3, 0.4) is 0 Å². The number of hydrogen-bond donors (Lipinski definition) is 1. The van der Waals surface area contributed by atoms with Crippen molar-refractivity contribution < 1.29 is 9.53 Å². The Balaban J connectivity index is 1.86. The number of rotatable bonds is 4. The Hall–Kier alpha value is -0.610. The number of carbonyl (C=O) groups excluding carboxylic acids is 1. The fraction of sp³-hybridized carbons (Fsp3) is 0.941. The summed E-state index contributed by atoms with van der Waals surface area (Å²) in [5.41, 5.74) is 0.358. The summed E-state index contributed by atoms with van der Waals surface area (Å²) in [6.07, 6.45) is 3.36. The van der Waals surface area contributed by atoms with Gasteiger partial charge in [0.25, 0.3) is 0 Å². The molecule has 21 heavy (non-hydrogen) atoms. The van der Waals surface area contributed by atoms with Crippen LogP contribution in [-0.2, 0) is 9.53 Å². The summed E-state index contributed by atoms with van der Waals surface area (Å²) in [4.78, 5) is 14.8. The van der Waals surface area contributed by atoms with E-state index < -0.39 is 0 Å². The fourth-order valence-corrected chi connectivity index (χ4v) is 3.53. The molecule has 122 valence electrons. The lowest BCUT2D eigenvalue weighted by Crippen LogP contribution is -2.49. The van der Waals surface area contributed by atoms with Crippen molar-refractivity contribution in [3.63, 3.8) is 0 Å². The van der Waals surface area contributed by atoms with Gasteiger partial charge in [0.1, 0.15) is 0 Å². The zero-order valence-corrected chi connectivity index (χ0v) is 14.2. The second-order valence-electron chi connectivity index (χ2n) is 7.67. The summed E-state index contributed by atoms with van der Waals surface area (Å²) in [6.45, 7) is 13.1. The van der Waals surface area contributed by atoms with E-state index in [1.54, 1.807) is 0 Å². The van der Waals surface area contributed by atoms with E-state index in [4.69, 9.17) is 4.74 Å². The molecule has 2 aliphatic heterocycles. The maximum atomic E-state index is 12.7. The van der Waals surface area contributed by atoms with Crippen molar-refractivity contribution in [1.29, 1.82) is 0 Å². The van der Waals surface area contributed by atoms with Crippen LogP contribution in [0.2, 0.25) is 0 Å². The molecule has 0 bridgehead atoms. The smallest absolute Gasteiger partial charge is 0.229 e. The first-order valence-corrected chi connectivity index (χ1v) is 8.53. The third-order valence-electron chi connectivity index (χ3n) is 5.09. The highest BCUT2D eigenvalue weighted by atomic mass is 16.5. The number of amides is 1. The van der Waals surface area contributed by atoms with Gasteiger partial charge in [-0.05, 0) is 37.1 Å². The van der Waals surface area contributed by atoms with Crippen LogP contribution in [0.15, 0.2) is 0 Å². The van der Waals surface area contributed by atoms with E-state index in [2.05, 4.69) is 37.9 Å². The third kappa shape index (κ3) is 4.19. The first-order chi connectivity index (χ1) is 9.93. The van der Waals surface area contributed by atoms with Crippen LogP contribution >= 0.6 is 0 Å². The van der Waals surface area contributed by atoms with Crippen molar-refractivity contribution in [3.05, 3.63) is 0 Å². The first-order valence-electron chi connectivity index (χ1n) is 8.53. The molecule has 0 aromatic heterocycles. The van der Waals surface area contributed by atoms with Gasteiger partial charge < -0.3 is 15.0 Å². The number of nitrogens with zero attached hydrogens (tertiary/aromatic N) is 1. The molecule has 0 aromatic carbocycles. The molecule has 2 rings (SSSR count). The van der Waals surface area contributed by atoms with Gasteiger partial charge in [-0.15, -0.1) is 0 Å². The maximum absolute atomic E-state index is 12.7. The zero-order chi connectivity index (χ0) is 15.5. The molecule has 1 amide bonds. The van der Waals surface area contributed by atoms with Gasteiger partial charge in [-0.25, -0.2) is 0 Å². The van der Waals surface area contributed by atoms with Gasteiger partial charge in [0.2, 0.25) is 5.91 Å². The number of hydrogen-bond acceptors (Lipinski definition) is 3. The summed E-state index contributed by atoms with van der Waals surface area (Å²) in [5.74, 6) is 1.05. The van der Waals surface area contributed by atoms with Crippen LogP contribution in [0, 0.1) is 17.3 Å². The maximum Gasteiger partial charge on any atom is 0.229 e. The molecule has 2 unspecified atom stereocenters. The highest BCUT2D eigenvalue weighted by Gasteiger charge is 2.38. The van der Waals surface area contributed by atoms with Gasteiger partial charge >= 0.3 is 0 Å². The molecule has 0 aliphatic carbocycles. The lowest BCUT2D eigenvalue weighted by Gasteiger charge is -2.39. The summed E-state index contributed by atoms with van der Waals surface area (Å²) < 4.78 is 5.54. The first kappa shape index (κ1) is 16.8. The molecule has 2 fully saturated rings. The van der Waals surface area contributed by atoms with Crippen LogP contribution in [0.5, 0.6) is 0 Å². The zero-order valence-electron chi connectivity index (χ0n) is 14.2. The summed E-state index contributed by atoms with van der Waals surface area (Å²) in [6, 6.07) is 0.206. The molecule has 0 radical (unpaired) electrons. The van der Waals surface area contributed by atoms with Crippen molar-refractivity contribution in [2.75, 3.05) is 32.8 Å². The van der Waals surface area contributed by atoms with Gasteiger partial charge in [0, 0.05) is 19.1 Å². The fourth-order valence-electron chi connectivity index (χ4n) is 3.53. The molecule has 4 nitrogen and oxygen atoms in total. The molecule has 2 aliphatic rings. The number of likely N-dealkylation sites (tertiary alicyclic amines) is 1. The third-order valence-corrected chi connectivity index (χ3v) is 5.09. The molecule has 4 heteroatoms. The second kappa shape index (κ2) is 7.10. The molecule has 2 atom stereocenters. The average Bonchev–Trinajstić information content (AvgIpc) is 2.92. The molecule has 0 saturated carbocycles. The molecule has 2 heterocycles. The van der Waals surface area contributed by atoms with E-state index >= 15 is 0 Å². The van der Waals surface area contributed by atoms with E-state index in [0.717, 1.165) is 44.8 Å². The second-order valence-corrected chi connectivity index (χ2v) is 7.67. The molecular weight excluding hydrogens is 264 g/mol. The SMILES string of the molecule is CCCNC1COCC1C(=O)N1CCC(C(C)(C)C)CC1. The molecule has 0 aromatic rings. The van der Waals surface area contributed by atoms with Crippen molar-refractivity contribution >= 4 is 5.91 Å². The van der Waals surface area contributed by atoms with Crippen molar-refractivity contribution in [3.8, 4) is 0 Å². The Morgan fingerprint density at radius 1 is 1.24 bits per heavy atom. The number of nitrogens with one attached hydrogen (secondary N) is 1. The monoisotopic (exact) mass is 296 g/mol. The van der Waals surface area contributed by atoms with Crippen LogP contribution < -0.4 is 5.32 Å². The molecule has 1 N–H and O–H groups in total. The van der Waals surface area contributed by atoms with Crippen LogP contribution in [0.4, 0.5) is 0 Å². The van der Waals surface area contributed by atoms with E-state index in [9.17, 15) is 4.79 Å². The minimum Gasteiger partial charge on any atom is -0.379 e. The number of piperidine rings is 1. The Morgan fingerprint density at radius 3 is 2.48 bits per heavy atom. The van der Waals surface area contributed by atoms with Crippen molar-refractivity contribution in [2.45, 2.75) is 53.0 Å². The van der Waals surface area contributed by atoms with Gasteiger partial charge in [-0.1, -0.05) is 27.7 Å². The summed E-state index contributed by atoms with van der Waals surface area (Å²) >= 11 is 0. The minimum absolute atomic E-state index is 0.0164. The van der Waals surface area contributed by atoms with E-state index in [-0.39, 0.29) is 12.0 Å². The Labute approximate surface area is 129 Å². The highest BCUT2D eigenvalue weighted by molar-refractivity contribution is 5.80. The van der Waals surface area contributed by atoms with Crippen LogP contribution in [0.25, 0.3) is 0 Å². The lowest BCUT2D eigenvalue weighted by molar-refractivity contribution is -0.138. The van der Waals surface area contributed by atoms with Gasteiger partial charge in [-0.3, -0.25) is 4.79 Å². The predicted molar refractivity (Wildman–Crippen MR) is 85.1 cm³/mol. The summed E-state index contributed by atoms with van der Waals surface area (Å²) in [5, 5.41) is 3.46. The Kier molecular flexibility index (Phi) is 5.67. The lowest BCUT2D eigenvalue weighted by atomic mass is 9.75. The average molecular weight is 296 g/mol.